The summed E-state index contributed by atoms with van der Waals surface area (Å²) >= 11 is 5.83. The Bertz CT molecular complexity index is 664. The lowest BCUT2D eigenvalue weighted by atomic mass is 10.2. The third kappa shape index (κ3) is 3.96. The van der Waals surface area contributed by atoms with Crippen LogP contribution in [0, 0.1) is 0 Å². The van der Waals surface area contributed by atoms with E-state index >= 15 is 0 Å². The van der Waals surface area contributed by atoms with Gasteiger partial charge in [-0.3, -0.25) is 4.79 Å². The number of carboxylic acid groups (broad SMARTS) is 1. The van der Waals surface area contributed by atoms with Crippen LogP contribution in [0.5, 0.6) is 0 Å². The highest BCUT2D eigenvalue weighted by atomic mass is 35.5. The first-order valence-electron chi connectivity index (χ1n) is 6.05. The number of amides is 1. The van der Waals surface area contributed by atoms with Gasteiger partial charge in [-0.2, -0.15) is 0 Å². The van der Waals surface area contributed by atoms with E-state index in [-0.39, 0.29) is 11.6 Å². The number of aromatic carboxylic acids is 1. The molecule has 0 fully saturated rings. The summed E-state index contributed by atoms with van der Waals surface area (Å²) in [4.78, 5) is 26.3. The molecule has 1 aromatic heterocycles. The van der Waals surface area contributed by atoms with Crippen molar-refractivity contribution in [1.82, 2.24) is 14.9 Å². The van der Waals surface area contributed by atoms with Gasteiger partial charge in [-0.25, -0.2) is 9.78 Å². The Labute approximate surface area is 125 Å². The van der Waals surface area contributed by atoms with E-state index in [0.717, 1.165) is 0 Å². The number of carbonyl (C=O) groups excluding carboxylic acids is 1. The van der Waals surface area contributed by atoms with Crippen molar-refractivity contribution in [3.8, 4) is 0 Å². The standard InChI is InChI=1S/C13H13ClN4O3/c14-9-3-8(4-10(15)5-9)12(19)16-1-2-18-6-11(13(20)21)17-7-18/h3-7H,1-2,15H2,(H,16,19)(H,20,21). The summed E-state index contributed by atoms with van der Waals surface area (Å²) in [5.74, 6) is -1.39. The summed E-state index contributed by atoms with van der Waals surface area (Å²) in [6, 6.07) is 4.60. The van der Waals surface area contributed by atoms with Crippen LogP contribution in [0.4, 0.5) is 5.69 Å². The molecule has 0 saturated heterocycles. The van der Waals surface area contributed by atoms with Gasteiger partial charge in [-0.1, -0.05) is 11.6 Å². The molecule has 0 spiro atoms. The predicted molar refractivity (Wildman–Crippen MR) is 77.4 cm³/mol. The number of imidazole rings is 1. The number of rotatable bonds is 5. The minimum absolute atomic E-state index is 0.0380. The van der Waals surface area contributed by atoms with Crippen LogP contribution in [0.3, 0.4) is 0 Å². The van der Waals surface area contributed by atoms with Crippen LogP contribution in [-0.4, -0.2) is 33.1 Å². The molecular weight excluding hydrogens is 296 g/mol. The van der Waals surface area contributed by atoms with E-state index in [0.29, 0.717) is 29.4 Å². The molecule has 8 heteroatoms. The lowest BCUT2D eigenvalue weighted by Gasteiger charge is -2.07. The first-order chi connectivity index (χ1) is 9.95. The Kier molecular flexibility index (Phi) is 4.44. The number of nitrogens with zero attached hydrogens (tertiary/aromatic N) is 2. The van der Waals surface area contributed by atoms with E-state index in [4.69, 9.17) is 22.4 Å². The van der Waals surface area contributed by atoms with Gasteiger partial charge in [-0.15, -0.1) is 0 Å². The zero-order chi connectivity index (χ0) is 15.4. The number of nitrogens with two attached hydrogens (primary N) is 1. The predicted octanol–water partition coefficient (Wildman–Crippen LogP) is 1.25. The lowest BCUT2D eigenvalue weighted by Crippen LogP contribution is -2.27. The second kappa shape index (κ2) is 6.27. The van der Waals surface area contributed by atoms with Crippen LogP contribution < -0.4 is 11.1 Å². The first kappa shape index (κ1) is 14.9. The summed E-state index contributed by atoms with van der Waals surface area (Å²) in [6.45, 7) is 0.725. The highest BCUT2D eigenvalue weighted by Gasteiger charge is 2.08. The van der Waals surface area contributed by atoms with Gasteiger partial charge in [0.1, 0.15) is 0 Å². The van der Waals surface area contributed by atoms with Crippen LogP contribution in [0.15, 0.2) is 30.7 Å². The second-order valence-corrected chi connectivity index (χ2v) is 4.77. The topological polar surface area (TPSA) is 110 Å². The molecule has 0 aliphatic heterocycles. The van der Waals surface area contributed by atoms with Crippen LogP contribution in [0.1, 0.15) is 20.8 Å². The van der Waals surface area contributed by atoms with E-state index < -0.39 is 5.97 Å². The molecule has 1 aromatic carbocycles. The minimum atomic E-state index is -1.09. The Morgan fingerprint density at radius 1 is 1.38 bits per heavy atom. The third-order valence-corrected chi connectivity index (χ3v) is 2.91. The van der Waals surface area contributed by atoms with Crippen LogP contribution in [-0.2, 0) is 6.54 Å². The van der Waals surface area contributed by atoms with Gasteiger partial charge in [0.25, 0.3) is 5.91 Å². The molecular formula is C13H13ClN4O3. The summed E-state index contributed by atoms with van der Waals surface area (Å²) in [7, 11) is 0. The van der Waals surface area contributed by atoms with E-state index in [2.05, 4.69) is 10.3 Å². The van der Waals surface area contributed by atoms with E-state index in [9.17, 15) is 9.59 Å². The van der Waals surface area contributed by atoms with E-state index in [1.165, 1.54) is 24.7 Å². The Morgan fingerprint density at radius 2 is 2.14 bits per heavy atom. The SMILES string of the molecule is Nc1cc(Cl)cc(C(=O)NCCn2cnc(C(=O)O)c2)c1. The van der Waals surface area contributed by atoms with Gasteiger partial charge in [0.2, 0.25) is 0 Å². The highest BCUT2D eigenvalue weighted by molar-refractivity contribution is 6.31. The number of hydrogen-bond donors (Lipinski definition) is 3. The van der Waals surface area contributed by atoms with Gasteiger partial charge in [-0.05, 0) is 18.2 Å². The van der Waals surface area contributed by atoms with E-state index in [1.54, 1.807) is 10.6 Å². The number of halogens is 1. The fourth-order valence-electron chi connectivity index (χ4n) is 1.74. The van der Waals surface area contributed by atoms with Crippen molar-refractivity contribution in [1.29, 1.82) is 0 Å². The van der Waals surface area contributed by atoms with Crippen LogP contribution in [0.2, 0.25) is 5.02 Å². The lowest BCUT2D eigenvalue weighted by molar-refractivity contribution is 0.0690. The number of nitrogen functional groups attached to an aromatic ring is 1. The molecule has 110 valence electrons. The summed E-state index contributed by atoms with van der Waals surface area (Å²) < 4.78 is 1.58. The average molecular weight is 309 g/mol. The zero-order valence-corrected chi connectivity index (χ0v) is 11.7. The molecule has 1 heterocycles. The maximum Gasteiger partial charge on any atom is 0.356 e. The fraction of sp³-hybridized carbons (Fsp3) is 0.154. The molecule has 0 aliphatic rings. The smallest absolute Gasteiger partial charge is 0.356 e. The molecule has 7 nitrogen and oxygen atoms in total. The molecule has 0 unspecified atom stereocenters. The Hall–Kier alpha value is -2.54. The summed E-state index contributed by atoms with van der Waals surface area (Å²) in [5.41, 5.74) is 6.36. The molecule has 0 bridgehead atoms. The molecule has 2 aromatic rings. The molecule has 0 aliphatic carbocycles. The quantitative estimate of drug-likeness (QED) is 0.720. The highest BCUT2D eigenvalue weighted by Crippen LogP contribution is 2.16. The molecule has 2 rings (SSSR count). The van der Waals surface area contributed by atoms with Gasteiger partial charge in [0.15, 0.2) is 5.69 Å². The molecule has 1 amide bonds. The Morgan fingerprint density at radius 3 is 2.76 bits per heavy atom. The minimum Gasteiger partial charge on any atom is -0.476 e. The van der Waals surface area contributed by atoms with Crippen LogP contribution in [0.25, 0.3) is 0 Å². The maximum atomic E-state index is 11.9. The largest absolute Gasteiger partial charge is 0.476 e. The zero-order valence-electron chi connectivity index (χ0n) is 10.9. The van der Waals surface area contributed by atoms with Crippen molar-refractivity contribution in [2.24, 2.45) is 0 Å². The van der Waals surface area contributed by atoms with Crippen molar-refractivity contribution in [2.75, 3.05) is 12.3 Å². The van der Waals surface area contributed by atoms with Crippen molar-refractivity contribution >= 4 is 29.2 Å². The molecule has 0 atom stereocenters. The van der Waals surface area contributed by atoms with Gasteiger partial charge >= 0.3 is 5.97 Å². The number of hydrogen-bond acceptors (Lipinski definition) is 4. The van der Waals surface area contributed by atoms with Crippen molar-refractivity contribution in [3.63, 3.8) is 0 Å². The monoisotopic (exact) mass is 308 g/mol. The van der Waals surface area contributed by atoms with Gasteiger partial charge < -0.3 is 20.7 Å². The number of benzene rings is 1. The Balaban J connectivity index is 1.90. The number of carbonyl (C=O) groups is 2. The van der Waals surface area contributed by atoms with Crippen molar-refractivity contribution in [2.45, 2.75) is 6.54 Å². The van der Waals surface area contributed by atoms with Gasteiger partial charge in [0.05, 0.1) is 6.33 Å². The second-order valence-electron chi connectivity index (χ2n) is 4.33. The van der Waals surface area contributed by atoms with Crippen LogP contribution >= 0.6 is 11.6 Å². The fourth-order valence-corrected chi connectivity index (χ4v) is 1.98. The average Bonchev–Trinajstić information content (AvgIpc) is 2.86. The molecule has 21 heavy (non-hydrogen) atoms. The molecule has 0 saturated carbocycles. The molecule has 0 radical (unpaired) electrons. The number of anilines is 1. The van der Waals surface area contributed by atoms with Crippen molar-refractivity contribution < 1.29 is 14.7 Å². The first-order valence-corrected chi connectivity index (χ1v) is 6.43. The number of nitrogens with one attached hydrogen (secondary N) is 1. The molecule has 4 N–H and O–H groups in total. The van der Waals surface area contributed by atoms with Gasteiger partial charge in [0, 0.05) is 35.6 Å². The summed E-state index contributed by atoms with van der Waals surface area (Å²) in [6.07, 6.45) is 2.79. The third-order valence-electron chi connectivity index (χ3n) is 2.69. The van der Waals surface area contributed by atoms with Crippen molar-refractivity contribution in [3.05, 3.63) is 47.0 Å². The van der Waals surface area contributed by atoms with E-state index in [1.807, 2.05) is 0 Å². The summed E-state index contributed by atoms with van der Waals surface area (Å²) in [5, 5.41) is 11.8. The number of aromatic nitrogens is 2. The number of carboxylic acids is 1. The normalized spacial score (nSPS) is 10.3. The maximum absolute atomic E-state index is 11.9.